The Bertz CT molecular complexity index is 1480. The molecule has 0 spiro atoms. The zero-order valence-electron chi connectivity index (χ0n) is 21.7. The molecule has 2 aliphatic heterocycles. The van der Waals surface area contributed by atoms with Crippen LogP contribution in [0, 0.1) is 5.92 Å². The van der Waals surface area contributed by atoms with Crippen LogP contribution < -0.4 is 9.75 Å². The molecule has 2 unspecified atom stereocenters. The highest BCUT2D eigenvalue weighted by Gasteiger charge is 2.44. The number of halogens is 2. The molecule has 39 heavy (non-hydrogen) atoms. The average molecular weight is 555 g/mol. The molecule has 0 amide bonds. The van der Waals surface area contributed by atoms with Gasteiger partial charge in [-0.2, -0.15) is 5.10 Å². The average Bonchev–Trinajstić information content (AvgIpc) is 3.35. The second kappa shape index (κ2) is 11.3. The lowest BCUT2D eigenvalue weighted by atomic mass is 9.82. The molecule has 1 saturated heterocycles. The minimum atomic E-state index is 0.0481. The van der Waals surface area contributed by atoms with Crippen molar-refractivity contribution in [2.75, 3.05) is 25.2 Å². The molecular formula is C33H29Cl2N3O. The van der Waals surface area contributed by atoms with Gasteiger partial charge >= 0.3 is 0 Å². The third-order valence-electron chi connectivity index (χ3n) is 7.40. The number of hydrogen-bond donors (Lipinski definition) is 0. The number of rotatable bonds is 6. The monoisotopic (exact) mass is 553 g/mol. The van der Waals surface area contributed by atoms with E-state index in [9.17, 15) is 0 Å². The lowest BCUT2D eigenvalue weighted by Gasteiger charge is -2.36. The summed E-state index contributed by atoms with van der Waals surface area (Å²) in [6.45, 7) is 2.53. The van der Waals surface area contributed by atoms with E-state index in [2.05, 4.69) is 76.6 Å². The number of likely N-dealkylation sites (tertiary alicyclic amines) is 1. The van der Waals surface area contributed by atoms with Crippen molar-refractivity contribution in [1.29, 1.82) is 0 Å². The van der Waals surface area contributed by atoms with Crippen LogP contribution in [0.4, 0.5) is 5.69 Å². The molecule has 2 atom stereocenters. The third-order valence-corrected chi connectivity index (χ3v) is 7.90. The fourth-order valence-electron chi connectivity index (χ4n) is 5.55. The van der Waals surface area contributed by atoms with Crippen molar-refractivity contribution in [3.05, 3.63) is 135 Å². The Morgan fingerprint density at radius 2 is 1.51 bits per heavy atom. The van der Waals surface area contributed by atoms with Crippen LogP contribution in [0.2, 0.25) is 10.0 Å². The van der Waals surface area contributed by atoms with Gasteiger partial charge in [-0.15, -0.1) is 0 Å². The van der Waals surface area contributed by atoms with E-state index in [1.165, 1.54) is 16.7 Å². The number of hydrazone groups is 1. The van der Waals surface area contributed by atoms with E-state index in [-0.39, 0.29) is 12.0 Å². The van der Waals surface area contributed by atoms with Gasteiger partial charge in [-0.3, -0.25) is 9.91 Å². The van der Waals surface area contributed by atoms with E-state index in [1.54, 1.807) is 7.11 Å². The molecule has 0 aromatic heterocycles. The Morgan fingerprint density at radius 3 is 2.18 bits per heavy atom. The minimum Gasteiger partial charge on any atom is -0.497 e. The highest BCUT2D eigenvalue weighted by molar-refractivity contribution is 6.30. The van der Waals surface area contributed by atoms with Crippen LogP contribution in [0.15, 0.2) is 114 Å². The summed E-state index contributed by atoms with van der Waals surface area (Å²) in [5.74, 6) is 1.05. The topological polar surface area (TPSA) is 28.1 Å². The molecule has 6 rings (SSSR count). The standard InChI is InChI=1S/C33H29Cl2N3O/c1-39-30-17-9-24(10-18-30)20-37-21-26(19-23-7-13-27(34)14-8-23)32-31(22-37)33(25-11-15-28(35)16-12-25)38(36-32)29-5-3-2-4-6-29/h2-19,31,33H,20-22H2,1H3. The van der Waals surface area contributed by atoms with Crippen molar-refractivity contribution in [3.63, 3.8) is 0 Å². The van der Waals surface area contributed by atoms with Gasteiger partial charge in [0.25, 0.3) is 0 Å². The zero-order valence-corrected chi connectivity index (χ0v) is 23.2. The van der Waals surface area contributed by atoms with Crippen LogP contribution >= 0.6 is 23.2 Å². The lowest BCUT2D eigenvalue weighted by Crippen LogP contribution is -2.43. The van der Waals surface area contributed by atoms with Gasteiger partial charge in [-0.1, -0.05) is 77.8 Å². The molecule has 6 heteroatoms. The number of methoxy groups -OCH3 is 1. The number of fused-ring (bicyclic) bond motifs is 1. The molecule has 4 aromatic carbocycles. The number of hydrogen-bond acceptors (Lipinski definition) is 4. The molecule has 0 N–H and O–H groups in total. The summed E-state index contributed by atoms with van der Waals surface area (Å²) in [5, 5.41) is 8.96. The van der Waals surface area contributed by atoms with Crippen molar-refractivity contribution in [2.24, 2.45) is 11.0 Å². The van der Waals surface area contributed by atoms with Crippen molar-refractivity contribution in [1.82, 2.24) is 4.90 Å². The molecule has 4 nitrogen and oxygen atoms in total. The van der Waals surface area contributed by atoms with Gasteiger partial charge in [0.1, 0.15) is 5.75 Å². The molecule has 2 aliphatic rings. The predicted octanol–water partition coefficient (Wildman–Crippen LogP) is 8.13. The summed E-state index contributed by atoms with van der Waals surface area (Å²) < 4.78 is 5.37. The van der Waals surface area contributed by atoms with Crippen LogP contribution in [0.5, 0.6) is 5.75 Å². The van der Waals surface area contributed by atoms with Crippen molar-refractivity contribution >= 4 is 40.7 Å². The van der Waals surface area contributed by atoms with Crippen molar-refractivity contribution < 1.29 is 4.74 Å². The number of anilines is 1. The third kappa shape index (κ3) is 5.60. The van der Waals surface area contributed by atoms with E-state index in [1.807, 2.05) is 42.5 Å². The molecular weight excluding hydrogens is 525 g/mol. The second-order valence-corrected chi connectivity index (χ2v) is 10.9. The van der Waals surface area contributed by atoms with E-state index in [4.69, 9.17) is 33.0 Å². The maximum atomic E-state index is 6.29. The minimum absolute atomic E-state index is 0.0481. The van der Waals surface area contributed by atoms with Crippen molar-refractivity contribution in [2.45, 2.75) is 12.6 Å². The summed E-state index contributed by atoms with van der Waals surface area (Å²) >= 11 is 12.5. The van der Waals surface area contributed by atoms with Gasteiger partial charge < -0.3 is 4.74 Å². The van der Waals surface area contributed by atoms with Gasteiger partial charge in [-0.25, -0.2) is 0 Å². The smallest absolute Gasteiger partial charge is 0.118 e. The van der Waals surface area contributed by atoms with E-state index in [0.717, 1.165) is 52.4 Å². The van der Waals surface area contributed by atoms with E-state index < -0.39 is 0 Å². The van der Waals surface area contributed by atoms with Crippen LogP contribution in [0.3, 0.4) is 0 Å². The highest BCUT2D eigenvalue weighted by atomic mass is 35.5. The first-order valence-electron chi connectivity index (χ1n) is 13.1. The first-order chi connectivity index (χ1) is 19.1. The largest absolute Gasteiger partial charge is 0.497 e. The highest BCUT2D eigenvalue weighted by Crippen LogP contribution is 2.43. The predicted molar refractivity (Wildman–Crippen MR) is 162 cm³/mol. The van der Waals surface area contributed by atoms with Crippen LogP contribution in [-0.2, 0) is 6.54 Å². The SMILES string of the molecule is COc1ccc(CN2CC(=Cc3ccc(Cl)cc3)C3=NN(c4ccccc4)C(c4ccc(Cl)cc4)C3C2)cc1. The molecule has 1 fully saturated rings. The maximum absolute atomic E-state index is 6.29. The molecule has 0 aliphatic carbocycles. The normalized spacial score (nSPS) is 20.1. The van der Waals surface area contributed by atoms with Crippen LogP contribution in [0.1, 0.15) is 22.7 Å². The number of ether oxygens (including phenoxy) is 1. The first-order valence-corrected chi connectivity index (χ1v) is 13.8. The number of nitrogens with zero attached hydrogens (tertiary/aromatic N) is 3. The molecule has 4 aromatic rings. The summed E-state index contributed by atoms with van der Waals surface area (Å²) in [4.78, 5) is 2.52. The second-order valence-electron chi connectivity index (χ2n) is 10.0. The van der Waals surface area contributed by atoms with Gasteiger partial charge in [0, 0.05) is 35.6 Å². The number of piperidine rings is 1. The number of benzene rings is 4. The summed E-state index contributed by atoms with van der Waals surface area (Å²) in [7, 11) is 1.70. The van der Waals surface area contributed by atoms with Gasteiger partial charge in [0.2, 0.25) is 0 Å². The number of para-hydroxylation sites is 1. The summed E-state index contributed by atoms with van der Waals surface area (Å²) in [6.07, 6.45) is 2.26. The van der Waals surface area contributed by atoms with Crippen molar-refractivity contribution in [3.8, 4) is 5.75 Å². The molecule has 0 bridgehead atoms. The van der Waals surface area contributed by atoms with E-state index in [0.29, 0.717) is 0 Å². The fourth-order valence-corrected chi connectivity index (χ4v) is 5.80. The Labute approximate surface area is 239 Å². The van der Waals surface area contributed by atoms with Crippen LogP contribution in [-0.4, -0.2) is 30.8 Å². The van der Waals surface area contributed by atoms with Crippen LogP contribution in [0.25, 0.3) is 6.08 Å². The first kappa shape index (κ1) is 25.7. The molecule has 2 heterocycles. The Hall–Kier alpha value is -3.57. The molecule has 196 valence electrons. The maximum Gasteiger partial charge on any atom is 0.118 e. The molecule has 0 radical (unpaired) electrons. The Morgan fingerprint density at radius 1 is 0.846 bits per heavy atom. The van der Waals surface area contributed by atoms with Gasteiger partial charge in [-0.05, 0) is 76.9 Å². The fraction of sp³-hybridized carbons (Fsp3) is 0.182. The molecule has 0 saturated carbocycles. The Balaban J connectivity index is 1.42. The van der Waals surface area contributed by atoms with Gasteiger partial charge in [0.05, 0.1) is 24.6 Å². The Kier molecular flexibility index (Phi) is 7.43. The summed E-state index contributed by atoms with van der Waals surface area (Å²) in [5.41, 5.74) is 7.00. The summed E-state index contributed by atoms with van der Waals surface area (Å²) in [6, 6.07) is 35.0. The quantitative estimate of drug-likeness (QED) is 0.241. The lowest BCUT2D eigenvalue weighted by molar-refractivity contribution is 0.245. The van der Waals surface area contributed by atoms with Gasteiger partial charge in [0.15, 0.2) is 0 Å². The zero-order chi connectivity index (χ0) is 26.8. The van der Waals surface area contributed by atoms with E-state index >= 15 is 0 Å².